The van der Waals surface area contributed by atoms with Gasteiger partial charge in [-0.15, -0.1) is 0 Å². The summed E-state index contributed by atoms with van der Waals surface area (Å²) in [5.74, 6) is 0. The summed E-state index contributed by atoms with van der Waals surface area (Å²) in [6, 6.07) is 9.45. The highest BCUT2D eigenvalue weighted by Crippen LogP contribution is 2.30. The molecule has 102 valence electrons. The van der Waals surface area contributed by atoms with E-state index in [0.29, 0.717) is 16.3 Å². The van der Waals surface area contributed by atoms with Gasteiger partial charge >= 0.3 is 0 Å². The summed E-state index contributed by atoms with van der Waals surface area (Å²) in [7, 11) is 0. The summed E-state index contributed by atoms with van der Waals surface area (Å²) in [6.07, 6.45) is 6.98. The van der Waals surface area contributed by atoms with Crippen LogP contribution in [-0.2, 0) is 0 Å². The van der Waals surface area contributed by atoms with Crippen LogP contribution >= 0.6 is 11.6 Å². The first kappa shape index (κ1) is 13.3. The molecule has 0 aliphatic carbocycles. The van der Waals surface area contributed by atoms with Crippen molar-refractivity contribution in [3.05, 3.63) is 65.3 Å². The van der Waals surface area contributed by atoms with Crippen molar-refractivity contribution in [1.29, 1.82) is 5.26 Å². The SMILES string of the molecule is Cc1cc(C#N)ccc1-c1ncc(-n2ccnc2)cc1Cl. The van der Waals surface area contributed by atoms with Crippen molar-refractivity contribution in [3.8, 4) is 23.0 Å². The normalized spacial score (nSPS) is 10.3. The molecule has 0 atom stereocenters. The summed E-state index contributed by atoms with van der Waals surface area (Å²) in [4.78, 5) is 8.46. The number of hydrogen-bond donors (Lipinski definition) is 0. The minimum absolute atomic E-state index is 0.564. The van der Waals surface area contributed by atoms with Gasteiger partial charge in [0.05, 0.1) is 40.6 Å². The molecular weight excluding hydrogens is 284 g/mol. The van der Waals surface area contributed by atoms with Crippen molar-refractivity contribution in [2.24, 2.45) is 0 Å². The second-order valence-electron chi connectivity index (χ2n) is 4.64. The van der Waals surface area contributed by atoms with Crippen molar-refractivity contribution in [3.63, 3.8) is 0 Å². The van der Waals surface area contributed by atoms with Gasteiger partial charge in [0.15, 0.2) is 0 Å². The molecule has 1 aromatic carbocycles. The molecule has 4 nitrogen and oxygen atoms in total. The number of hydrogen-bond acceptors (Lipinski definition) is 3. The van der Waals surface area contributed by atoms with E-state index in [-0.39, 0.29) is 0 Å². The largest absolute Gasteiger partial charge is 0.305 e. The van der Waals surface area contributed by atoms with E-state index in [2.05, 4.69) is 16.0 Å². The third kappa shape index (κ3) is 2.51. The number of nitriles is 1. The van der Waals surface area contributed by atoms with Crippen LogP contribution in [0, 0.1) is 18.3 Å². The van der Waals surface area contributed by atoms with Crippen LogP contribution in [-0.4, -0.2) is 14.5 Å². The predicted molar refractivity (Wildman–Crippen MR) is 81.3 cm³/mol. The van der Waals surface area contributed by atoms with Gasteiger partial charge in [-0.05, 0) is 30.7 Å². The highest BCUT2D eigenvalue weighted by atomic mass is 35.5. The molecule has 21 heavy (non-hydrogen) atoms. The third-order valence-electron chi connectivity index (χ3n) is 3.24. The Bertz CT molecular complexity index is 832. The van der Waals surface area contributed by atoms with Crippen LogP contribution in [0.25, 0.3) is 16.9 Å². The zero-order valence-electron chi connectivity index (χ0n) is 11.3. The summed E-state index contributed by atoms with van der Waals surface area (Å²) in [5, 5.41) is 9.48. The van der Waals surface area contributed by atoms with Crippen molar-refractivity contribution in [2.75, 3.05) is 0 Å². The number of aromatic nitrogens is 3. The Morgan fingerprint density at radius 2 is 2.14 bits per heavy atom. The Hall–Kier alpha value is -2.64. The molecule has 0 fully saturated rings. The maximum atomic E-state index is 8.92. The Balaban J connectivity index is 2.06. The first-order valence-corrected chi connectivity index (χ1v) is 6.72. The number of halogens is 1. The first-order chi connectivity index (χ1) is 10.2. The average molecular weight is 295 g/mol. The maximum Gasteiger partial charge on any atom is 0.0992 e. The summed E-state index contributed by atoms with van der Waals surface area (Å²) in [6.45, 7) is 1.94. The molecule has 0 bridgehead atoms. The van der Waals surface area contributed by atoms with Gasteiger partial charge in [0.2, 0.25) is 0 Å². The number of nitrogens with zero attached hydrogens (tertiary/aromatic N) is 4. The maximum absolute atomic E-state index is 8.92. The molecule has 2 aromatic heterocycles. The van der Waals surface area contributed by atoms with Gasteiger partial charge in [-0.1, -0.05) is 17.7 Å². The second-order valence-corrected chi connectivity index (χ2v) is 5.04. The van der Waals surface area contributed by atoms with E-state index in [0.717, 1.165) is 16.8 Å². The molecule has 0 saturated heterocycles. The number of imidazole rings is 1. The van der Waals surface area contributed by atoms with Crippen LogP contribution in [0.15, 0.2) is 49.2 Å². The van der Waals surface area contributed by atoms with Crippen LogP contribution in [0.4, 0.5) is 0 Å². The van der Waals surface area contributed by atoms with Crippen molar-refractivity contribution in [1.82, 2.24) is 14.5 Å². The lowest BCUT2D eigenvalue weighted by molar-refractivity contribution is 1.04. The van der Waals surface area contributed by atoms with Crippen molar-refractivity contribution >= 4 is 11.6 Å². The highest BCUT2D eigenvalue weighted by molar-refractivity contribution is 6.33. The standard InChI is InChI=1S/C16H11ClN4/c1-11-6-12(8-18)2-3-14(11)16-15(17)7-13(9-20-16)21-5-4-19-10-21/h2-7,9-10H,1H3. The zero-order chi connectivity index (χ0) is 14.8. The van der Waals surface area contributed by atoms with E-state index >= 15 is 0 Å². The first-order valence-electron chi connectivity index (χ1n) is 6.34. The number of pyridine rings is 1. The summed E-state index contributed by atoms with van der Waals surface area (Å²) in [5.41, 5.74) is 4.09. The van der Waals surface area contributed by atoms with Gasteiger partial charge in [-0.25, -0.2) is 4.98 Å². The Labute approximate surface area is 127 Å². The van der Waals surface area contributed by atoms with E-state index < -0.39 is 0 Å². The fourth-order valence-electron chi connectivity index (χ4n) is 2.18. The van der Waals surface area contributed by atoms with Gasteiger partial charge in [0.1, 0.15) is 0 Å². The molecule has 0 saturated carbocycles. The molecule has 0 aliphatic heterocycles. The van der Waals surface area contributed by atoms with Gasteiger partial charge in [0.25, 0.3) is 0 Å². The van der Waals surface area contributed by atoms with E-state index in [1.165, 1.54) is 0 Å². The molecule has 0 aliphatic rings. The molecule has 0 N–H and O–H groups in total. The van der Waals surface area contributed by atoms with Crippen LogP contribution in [0.1, 0.15) is 11.1 Å². The van der Waals surface area contributed by atoms with Gasteiger partial charge in [-0.2, -0.15) is 5.26 Å². The molecule has 0 amide bonds. The van der Waals surface area contributed by atoms with Crippen LogP contribution in [0.3, 0.4) is 0 Å². The van der Waals surface area contributed by atoms with Crippen molar-refractivity contribution < 1.29 is 0 Å². The van der Waals surface area contributed by atoms with E-state index in [1.54, 1.807) is 24.8 Å². The molecule has 0 radical (unpaired) electrons. The Morgan fingerprint density at radius 1 is 1.29 bits per heavy atom. The lowest BCUT2D eigenvalue weighted by Gasteiger charge is -2.09. The molecule has 5 heteroatoms. The van der Waals surface area contributed by atoms with Crippen LogP contribution in [0.2, 0.25) is 5.02 Å². The molecule has 2 heterocycles. The molecular formula is C16H11ClN4. The van der Waals surface area contributed by atoms with Crippen molar-refractivity contribution in [2.45, 2.75) is 6.92 Å². The fraction of sp³-hybridized carbons (Fsp3) is 0.0625. The van der Waals surface area contributed by atoms with Crippen LogP contribution in [0.5, 0.6) is 0 Å². The molecule has 0 spiro atoms. The minimum atomic E-state index is 0.564. The lowest BCUT2D eigenvalue weighted by Crippen LogP contribution is -1.95. The van der Waals surface area contributed by atoms with E-state index in [9.17, 15) is 0 Å². The predicted octanol–water partition coefficient (Wildman–Crippen LogP) is 3.77. The number of benzene rings is 1. The Kier molecular flexibility index (Phi) is 3.43. The third-order valence-corrected chi connectivity index (χ3v) is 3.53. The minimum Gasteiger partial charge on any atom is -0.305 e. The van der Waals surface area contributed by atoms with Crippen LogP contribution < -0.4 is 0 Å². The van der Waals surface area contributed by atoms with Gasteiger partial charge in [0, 0.05) is 18.0 Å². The number of rotatable bonds is 2. The second kappa shape index (κ2) is 5.39. The molecule has 3 rings (SSSR count). The summed E-state index contributed by atoms with van der Waals surface area (Å²) >= 11 is 6.37. The smallest absolute Gasteiger partial charge is 0.0992 e. The monoisotopic (exact) mass is 294 g/mol. The topological polar surface area (TPSA) is 54.5 Å². The highest BCUT2D eigenvalue weighted by Gasteiger charge is 2.10. The summed E-state index contributed by atoms with van der Waals surface area (Å²) < 4.78 is 1.84. The Morgan fingerprint density at radius 3 is 2.76 bits per heavy atom. The molecule has 0 unspecified atom stereocenters. The lowest BCUT2D eigenvalue weighted by atomic mass is 10.0. The van der Waals surface area contributed by atoms with Gasteiger partial charge < -0.3 is 4.57 Å². The average Bonchev–Trinajstić information content (AvgIpc) is 3.02. The van der Waals surface area contributed by atoms with E-state index in [4.69, 9.17) is 16.9 Å². The zero-order valence-corrected chi connectivity index (χ0v) is 12.0. The fourth-order valence-corrected chi connectivity index (χ4v) is 2.44. The number of aryl methyl sites for hydroxylation is 1. The van der Waals surface area contributed by atoms with Gasteiger partial charge in [-0.3, -0.25) is 4.98 Å². The molecule has 3 aromatic rings. The quantitative estimate of drug-likeness (QED) is 0.723. The van der Waals surface area contributed by atoms with E-state index in [1.807, 2.05) is 35.9 Å².